The molecule has 0 atom stereocenters. The Morgan fingerprint density at radius 2 is 2.00 bits per heavy atom. The Morgan fingerprint density at radius 1 is 1.26 bits per heavy atom. The monoisotopic (exact) mass is 260 g/mol. The van der Waals surface area contributed by atoms with E-state index in [9.17, 15) is 9.59 Å². The number of rotatable bonds is 3. The molecule has 0 unspecified atom stereocenters. The van der Waals surface area contributed by atoms with Crippen LogP contribution in [-0.4, -0.2) is 50.7 Å². The summed E-state index contributed by atoms with van der Waals surface area (Å²) in [5.74, 6) is -0.799. The molecule has 98 valence electrons. The highest BCUT2D eigenvalue weighted by atomic mass is 16.4. The van der Waals surface area contributed by atoms with E-state index in [1.807, 2.05) is 0 Å². The second kappa shape index (κ2) is 4.89. The van der Waals surface area contributed by atoms with Crippen LogP contribution in [0.15, 0.2) is 30.6 Å². The predicted octanol–water partition coefficient (Wildman–Crippen LogP) is 0.667. The van der Waals surface area contributed by atoms with Crippen LogP contribution in [0.1, 0.15) is 20.8 Å². The van der Waals surface area contributed by atoms with Gasteiger partial charge >= 0.3 is 5.97 Å². The summed E-state index contributed by atoms with van der Waals surface area (Å²) in [6, 6.07) is 4.60. The molecule has 2 aromatic rings. The maximum Gasteiger partial charge on any atom is 0.356 e. The van der Waals surface area contributed by atoms with Crippen LogP contribution in [0.2, 0.25) is 0 Å². The second-order valence-electron chi connectivity index (χ2n) is 4.06. The van der Waals surface area contributed by atoms with Crippen molar-refractivity contribution in [2.45, 2.75) is 0 Å². The van der Waals surface area contributed by atoms with Crippen LogP contribution >= 0.6 is 0 Å². The number of carboxylic acids is 1. The molecular formula is C12H12N4O3. The van der Waals surface area contributed by atoms with Gasteiger partial charge in [-0.3, -0.25) is 4.79 Å². The Balaban J connectivity index is 2.27. The van der Waals surface area contributed by atoms with E-state index in [1.165, 1.54) is 28.0 Å². The molecule has 0 saturated carbocycles. The molecule has 0 aromatic carbocycles. The zero-order valence-electron chi connectivity index (χ0n) is 10.4. The fourth-order valence-electron chi connectivity index (χ4n) is 1.47. The largest absolute Gasteiger partial charge is 0.476 e. The van der Waals surface area contributed by atoms with Gasteiger partial charge in [0, 0.05) is 26.5 Å². The lowest BCUT2D eigenvalue weighted by Gasteiger charge is -2.09. The van der Waals surface area contributed by atoms with Gasteiger partial charge in [0.1, 0.15) is 0 Å². The van der Waals surface area contributed by atoms with Gasteiger partial charge in [0.05, 0.1) is 5.56 Å². The van der Waals surface area contributed by atoms with Crippen LogP contribution in [0.4, 0.5) is 0 Å². The van der Waals surface area contributed by atoms with Gasteiger partial charge in [0.15, 0.2) is 11.5 Å². The molecule has 0 saturated heterocycles. The molecule has 7 heteroatoms. The molecule has 0 aliphatic rings. The molecule has 1 amide bonds. The molecule has 1 N–H and O–H groups in total. The van der Waals surface area contributed by atoms with Crippen molar-refractivity contribution in [3.63, 3.8) is 0 Å². The molecule has 7 nitrogen and oxygen atoms in total. The summed E-state index contributed by atoms with van der Waals surface area (Å²) in [4.78, 5) is 27.9. The van der Waals surface area contributed by atoms with E-state index in [-0.39, 0.29) is 11.6 Å². The smallest absolute Gasteiger partial charge is 0.356 e. The standard InChI is InChI=1S/C12H12N4O3/c1-15(2)11(17)8-3-4-10(13-7-8)16-6-5-9(14-16)12(18)19/h3-7H,1-2H3,(H,18,19). The Kier molecular flexibility index (Phi) is 3.28. The normalized spacial score (nSPS) is 10.2. The van der Waals surface area contributed by atoms with Crippen molar-refractivity contribution in [2.24, 2.45) is 0 Å². The number of carbonyl (C=O) groups is 2. The fourth-order valence-corrected chi connectivity index (χ4v) is 1.47. The Labute approximate surface area is 109 Å². The van der Waals surface area contributed by atoms with Gasteiger partial charge in [0.25, 0.3) is 5.91 Å². The zero-order chi connectivity index (χ0) is 14.0. The number of hydrogen-bond donors (Lipinski definition) is 1. The lowest BCUT2D eigenvalue weighted by Crippen LogP contribution is -2.21. The molecule has 0 bridgehead atoms. The van der Waals surface area contributed by atoms with Crippen LogP contribution < -0.4 is 0 Å². The number of carboxylic acid groups (broad SMARTS) is 1. The van der Waals surface area contributed by atoms with Crippen molar-refractivity contribution in [1.82, 2.24) is 19.7 Å². The van der Waals surface area contributed by atoms with Crippen molar-refractivity contribution >= 4 is 11.9 Å². The van der Waals surface area contributed by atoms with E-state index >= 15 is 0 Å². The molecule has 0 radical (unpaired) electrons. The van der Waals surface area contributed by atoms with Crippen molar-refractivity contribution in [1.29, 1.82) is 0 Å². The van der Waals surface area contributed by atoms with Crippen molar-refractivity contribution in [2.75, 3.05) is 14.1 Å². The summed E-state index contributed by atoms with van der Waals surface area (Å²) in [5.41, 5.74) is 0.398. The maximum atomic E-state index is 11.7. The summed E-state index contributed by atoms with van der Waals surface area (Å²) in [6.07, 6.45) is 2.93. The van der Waals surface area contributed by atoms with Gasteiger partial charge in [0.2, 0.25) is 0 Å². The van der Waals surface area contributed by atoms with Gasteiger partial charge < -0.3 is 10.0 Å². The third-order valence-electron chi connectivity index (χ3n) is 2.44. The summed E-state index contributed by atoms with van der Waals surface area (Å²) < 4.78 is 1.34. The molecule has 19 heavy (non-hydrogen) atoms. The third kappa shape index (κ3) is 2.59. The second-order valence-corrected chi connectivity index (χ2v) is 4.06. The SMILES string of the molecule is CN(C)C(=O)c1ccc(-n2ccc(C(=O)O)n2)nc1. The molecular weight excluding hydrogens is 248 g/mol. The Morgan fingerprint density at radius 3 is 2.47 bits per heavy atom. The zero-order valence-corrected chi connectivity index (χ0v) is 10.4. The number of aromatic nitrogens is 3. The minimum atomic E-state index is -1.10. The van der Waals surface area contributed by atoms with E-state index in [0.29, 0.717) is 11.4 Å². The van der Waals surface area contributed by atoms with Gasteiger partial charge in [-0.15, -0.1) is 0 Å². The molecule has 0 aliphatic carbocycles. The van der Waals surface area contributed by atoms with E-state index in [1.54, 1.807) is 26.2 Å². The van der Waals surface area contributed by atoms with Crippen molar-refractivity contribution < 1.29 is 14.7 Å². The third-order valence-corrected chi connectivity index (χ3v) is 2.44. The van der Waals surface area contributed by atoms with Gasteiger partial charge in [-0.05, 0) is 18.2 Å². The lowest BCUT2D eigenvalue weighted by atomic mass is 10.2. The van der Waals surface area contributed by atoms with Crippen molar-refractivity contribution in [3.8, 4) is 5.82 Å². The average Bonchev–Trinajstić information content (AvgIpc) is 2.87. The molecule has 0 spiro atoms. The van der Waals surface area contributed by atoms with Gasteiger partial charge in [-0.1, -0.05) is 0 Å². The number of nitrogens with zero attached hydrogens (tertiary/aromatic N) is 4. The number of amides is 1. The van der Waals surface area contributed by atoms with Crippen molar-refractivity contribution in [3.05, 3.63) is 41.9 Å². The summed E-state index contributed by atoms with van der Waals surface area (Å²) >= 11 is 0. The lowest BCUT2D eigenvalue weighted by molar-refractivity contribution is 0.0689. The summed E-state index contributed by atoms with van der Waals surface area (Å²) in [7, 11) is 3.31. The van der Waals surface area contributed by atoms with E-state index in [0.717, 1.165) is 0 Å². The van der Waals surface area contributed by atoms with E-state index < -0.39 is 5.97 Å². The minimum Gasteiger partial charge on any atom is -0.476 e. The summed E-state index contributed by atoms with van der Waals surface area (Å²) in [6.45, 7) is 0. The molecule has 2 aromatic heterocycles. The highest BCUT2D eigenvalue weighted by Gasteiger charge is 2.10. The Hall–Kier alpha value is -2.70. The highest BCUT2D eigenvalue weighted by Crippen LogP contribution is 2.07. The van der Waals surface area contributed by atoms with Gasteiger partial charge in [-0.25, -0.2) is 14.5 Å². The maximum absolute atomic E-state index is 11.7. The first-order valence-corrected chi connectivity index (χ1v) is 5.46. The van der Waals surface area contributed by atoms with Crippen LogP contribution in [0, 0.1) is 0 Å². The average molecular weight is 260 g/mol. The fraction of sp³-hybridized carbons (Fsp3) is 0.167. The molecule has 0 fully saturated rings. The number of aromatic carboxylic acids is 1. The minimum absolute atomic E-state index is 0.0600. The first-order chi connectivity index (χ1) is 8.99. The Bertz CT molecular complexity index is 616. The highest BCUT2D eigenvalue weighted by molar-refractivity contribution is 5.93. The van der Waals surface area contributed by atoms with Crippen LogP contribution in [0.5, 0.6) is 0 Å². The topological polar surface area (TPSA) is 88.3 Å². The number of hydrogen-bond acceptors (Lipinski definition) is 4. The quantitative estimate of drug-likeness (QED) is 0.876. The molecule has 0 aliphatic heterocycles. The first kappa shape index (κ1) is 12.7. The van der Waals surface area contributed by atoms with Crippen LogP contribution in [0.3, 0.4) is 0 Å². The van der Waals surface area contributed by atoms with E-state index in [4.69, 9.17) is 5.11 Å². The molecule has 2 heterocycles. The van der Waals surface area contributed by atoms with Crippen LogP contribution in [0.25, 0.3) is 5.82 Å². The number of pyridine rings is 1. The molecule has 2 rings (SSSR count). The summed E-state index contributed by atoms with van der Waals surface area (Å²) in [5, 5.41) is 12.6. The first-order valence-electron chi connectivity index (χ1n) is 5.46. The van der Waals surface area contributed by atoms with Gasteiger partial charge in [-0.2, -0.15) is 5.10 Å². The predicted molar refractivity (Wildman–Crippen MR) is 66.3 cm³/mol. The number of carbonyl (C=O) groups excluding carboxylic acids is 1. The van der Waals surface area contributed by atoms with Crippen LogP contribution in [-0.2, 0) is 0 Å². The van der Waals surface area contributed by atoms with E-state index in [2.05, 4.69) is 10.1 Å².